The molecular weight excluding hydrogens is 294 g/mol. The van der Waals surface area contributed by atoms with Gasteiger partial charge in [0, 0.05) is 24.3 Å². The molecule has 18 heavy (non-hydrogen) atoms. The van der Waals surface area contributed by atoms with Crippen molar-refractivity contribution in [3.05, 3.63) is 28.5 Å². The second-order valence-electron chi connectivity index (χ2n) is 5.09. The maximum Gasteiger partial charge on any atom is 0.251 e. The van der Waals surface area contributed by atoms with Crippen molar-refractivity contribution in [1.82, 2.24) is 15.2 Å². The van der Waals surface area contributed by atoms with Crippen molar-refractivity contribution in [3.8, 4) is 0 Å². The summed E-state index contributed by atoms with van der Waals surface area (Å²) in [4.78, 5) is 18.6. The average molecular weight is 310 g/mol. The normalized spacial score (nSPS) is 30.2. The van der Waals surface area contributed by atoms with Crippen LogP contribution in [0.15, 0.2) is 22.9 Å². The molecule has 4 rings (SSSR count). The van der Waals surface area contributed by atoms with Gasteiger partial charge in [0.1, 0.15) is 4.60 Å². The number of fused-ring (bicyclic) bond motifs is 3. The Kier molecular flexibility index (Phi) is 3.35. The molecule has 5 heteroatoms. The molecule has 96 valence electrons. The first-order valence-corrected chi connectivity index (χ1v) is 7.16. The fourth-order valence-electron chi connectivity index (χ4n) is 2.92. The Balaban J connectivity index is 1.68. The van der Waals surface area contributed by atoms with Gasteiger partial charge in [-0.15, -0.1) is 0 Å². The van der Waals surface area contributed by atoms with Crippen molar-refractivity contribution in [1.29, 1.82) is 0 Å². The Labute approximate surface area is 115 Å². The molecule has 1 amide bonds. The SMILES string of the molecule is O=C(NC1CN2CCC1CC2)c1ccnc(Br)c1. The number of carbonyl (C=O) groups excluding carboxylic acids is 1. The van der Waals surface area contributed by atoms with Crippen molar-refractivity contribution < 1.29 is 4.79 Å². The molecule has 2 bridgehead atoms. The predicted octanol–water partition coefficient (Wildman–Crippen LogP) is 1.67. The molecule has 3 aliphatic rings. The van der Waals surface area contributed by atoms with Crippen LogP contribution in [0.1, 0.15) is 23.2 Å². The molecule has 0 saturated carbocycles. The van der Waals surface area contributed by atoms with Crippen molar-refractivity contribution in [2.75, 3.05) is 19.6 Å². The standard InChI is InChI=1S/C13H16BrN3O/c14-12-7-10(1-4-15-12)13(18)16-11-8-17-5-2-9(11)3-6-17/h1,4,7,9,11H,2-3,5-6,8H2,(H,16,18). The van der Waals surface area contributed by atoms with Crippen LogP contribution < -0.4 is 5.32 Å². The van der Waals surface area contributed by atoms with Gasteiger partial charge >= 0.3 is 0 Å². The molecule has 0 aromatic carbocycles. The monoisotopic (exact) mass is 309 g/mol. The highest BCUT2D eigenvalue weighted by molar-refractivity contribution is 9.10. The highest BCUT2D eigenvalue weighted by Gasteiger charge is 2.34. The smallest absolute Gasteiger partial charge is 0.251 e. The minimum absolute atomic E-state index is 0.0110. The van der Waals surface area contributed by atoms with Gasteiger partial charge in [-0.25, -0.2) is 4.98 Å². The van der Waals surface area contributed by atoms with E-state index in [9.17, 15) is 4.79 Å². The van der Waals surface area contributed by atoms with E-state index >= 15 is 0 Å². The zero-order valence-corrected chi connectivity index (χ0v) is 11.7. The third-order valence-corrected chi connectivity index (χ3v) is 4.40. The molecule has 1 N–H and O–H groups in total. The number of hydrogen-bond acceptors (Lipinski definition) is 3. The van der Waals surface area contributed by atoms with Gasteiger partial charge in [-0.3, -0.25) is 4.79 Å². The summed E-state index contributed by atoms with van der Waals surface area (Å²) in [6.45, 7) is 3.39. The van der Waals surface area contributed by atoms with E-state index < -0.39 is 0 Å². The summed E-state index contributed by atoms with van der Waals surface area (Å²) in [5.41, 5.74) is 0.674. The summed E-state index contributed by atoms with van der Waals surface area (Å²) in [6.07, 6.45) is 4.07. The van der Waals surface area contributed by atoms with Crippen LogP contribution in [0.3, 0.4) is 0 Å². The second kappa shape index (κ2) is 4.97. The zero-order valence-electron chi connectivity index (χ0n) is 10.1. The zero-order chi connectivity index (χ0) is 12.5. The molecular formula is C13H16BrN3O. The van der Waals surface area contributed by atoms with Gasteiger partial charge in [0.2, 0.25) is 0 Å². The van der Waals surface area contributed by atoms with Gasteiger partial charge in [-0.1, -0.05) is 0 Å². The topological polar surface area (TPSA) is 45.2 Å². The molecule has 1 aromatic heterocycles. The molecule has 4 heterocycles. The maximum absolute atomic E-state index is 12.2. The molecule has 1 atom stereocenters. The number of nitrogens with one attached hydrogen (secondary N) is 1. The third kappa shape index (κ3) is 2.42. The van der Waals surface area contributed by atoms with E-state index in [1.54, 1.807) is 18.3 Å². The maximum atomic E-state index is 12.2. The van der Waals surface area contributed by atoms with E-state index in [1.165, 1.54) is 25.9 Å². The lowest BCUT2D eigenvalue weighted by molar-refractivity contribution is 0.0620. The first-order valence-electron chi connectivity index (χ1n) is 6.37. The number of hydrogen-bond donors (Lipinski definition) is 1. The average Bonchev–Trinajstić information content (AvgIpc) is 2.40. The number of pyridine rings is 1. The number of piperidine rings is 3. The number of nitrogens with zero attached hydrogens (tertiary/aromatic N) is 2. The molecule has 1 unspecified atom stereocenters. The van der Waals surface area contributed by atoms with Gasteiger partial charge in [0.05, 0.1) is 0 Å². The molecule has 3 aliphatic heterocycles. The Hall–Kier alpha value is -0.940. The number of aromatic nitrogens is 1. The fourth-order valence-corrected chi connectivity index (χ4v) is 3.29. The van der Waals surface area contributed by atoms with E-state index in [0.29, 0.717) is 22.1 Å². The number of amides is 1. The highest BCUT2D eigenvalue weighted by Crippen LogP contribution is 2.27. The summed E-state index contributed by atoms with van der Waals surface area (Å²) in [5, 5.41) is 3.16. The summed E-state index contributed by atoms with van der Waals surface area (Å²) in [6, 6.07) is 3.82. The van der Waals surface area contributed by atoms with Crippen LogP contribution in [0.4, 0.5) is 0 Å². The Morgan fingerprint density at radius 1 is 1.44 bits per heavy atom. The summed E-state index contributed by atoms with van der Waals surface area (Å²) in [7, 11) is 0. The Bertz CT molecular complexity index is 457. The van der Waals surface area contributed by atoms with Gasteiger partial charge in [0.15, 0.2) is 0 Å². The molecule has 0 aliphatic carbocycles. The van der Waals surface area contributed by atoms with Crippen LogP contribution in [-0.4, -0.2) is 41.5 Å². The first-order chi connectivity index (χ1) is 8.72. The second-order valence-corrected chi connectivity index (χ2v) is 5.90. The molecule has 0 radical (unpaired) electrons. The number of rotatable bonds is 2. The van der Waals surface area contributed by atoms with Gasteiger partial charge < -0.3 is 10.2 Å². The van der Waals surface area contributed by atoms with Crippen LogP contribution >= 0.6 is 15.9 Å². The minimum atomic E-state index is 0.0110. The lowest BCUT2D eigenvalue weighted by Crippen LogP contribution is -2.57. The lowest BCUT2D eigenvalue weighted by Gasteiger charge is -2.44. The summed E-state index contributed by atoms with van der Waals surface area (Å²) >= 11 is 3.29. The van der Waals surface area contributed by atoms with Crippen LogP contribution in [-0.2, 0) is 0 Å². The summed E-state index contributed by atoms with van der Waals surface area (Å²) < 4.78 is 0.698. The van der Waals surface area contributed by atoms with Gasteiger partial charge in [-0.2, -0.15) is 0 Å². The third-order valence-electron chi connectivity index (χ3n) is 3.96. The molecule has 4 nitrogen and oxygen atoms in total. The van der Waals surface area contributed by atoms with Gasteiger partial charge in [-0.05, 0) is 59.9 Å². The van der Waals surface area contributed by atoms with Crippen molar-refractivity contribution >= 4 is 21.8 Å². The number of carbonyl (C=O) groups is 1. The van der Waals surface area contributed by atoms with E-state index in [1.807, 2.05) is 0 Å². The van der Waals surface area contributed by atoms with Crippen LogP contribution in [0, 0.1) is 5.92 Å². The van der Waals surface area contributed by atoms with Crippen LogP contribution in [0.25, 0.3) is 0 Å². The Morgan fingerprint density at radius 2 is 2.22 bits per heavy atom. The highest BCUT2D eigenvalue weighted by atomic mass is 79.9. The van der Waals surface area contributed by atoms with Gasteiger partial charge in [0.25, 0.3) is 5.91 Å². The Morgan fingerprint density at radius 3 is 2.83 bits per heavy atom. The van der Waals surface area contributed by atoms with Crippen molar-refractivity contribution in [2.45, 2.75) is 18.9 Å². The molecule has 3 fully saturated rings. The molecule has 3 saturated heterocycles. The molecule has 1 aromatic rings. The van der Waals surface area contributed by atoms with E-state index in [2.05, 4.69) is 31.1 Å². The van der Waals surface area contributed by atoms with E-state index in [0.717, 1.165) is 6.54 Å². The van der Waals surface area contributed by atoms with Crippen molar-refractivity contribution in [2.24, 2.45) is 5.92 Å². The molecule has 0 spiro atoms. The largest absolute Gasteiger partial charge is 0.348 e. The van der Waals surface area contributed by atoms with Crippen molar-refractivity contribution in [3.63, 3.8) is 0 Å². The minimum Gasteiger partial charge on any atom is -0.348 e. The van der Waals surface area contributed by atoms with E-state index in [4.69, 9.17) is 0 Å². The fraction of sp³-hybridized carbons (Fsp3) is 0.538. The lowest BCUT2D eigenvalue weighted by atomic mass is 9.84. The van der Waals surface area contributed by atoms with Crippen LogP contribution in [0.5, 0.6) is 0 Å². The quantitative estimate of drug-likeness (QED) is 0.845. The summed E-state index contributed by atoms with van der Waals surface area (Å²) in [5.74, 6) is 0.668. The first kappa shape index (κ1) is 12.1. The predicted molar refractivity (Wildman–Crippen MR) is 72.4 cm³/mol. The van der Waals surface area contributed by atoms with Crippen LogP contribution in [0.2, 0.25) is 0 Å². The van der Waals surface area contributed by atoms with E-state index in [-0.39, 0.29) is 5.91 Å². The number of halogens is 1.